The van der Waals surface area contributed by atoms with Crippen LogP contribution in [0, 0.1) is 20.2 Å². The van der Waals surface area contributed by atoms with Gasteiger partial charge in [0.05, 0.1) is 15.8 Å². The highest BCUT2D eigenvalue weighted by molar-refractivity contribution is 6.68. The fourth-order valence-corrected chi connectivity index (χ4v) is 3.40. The van der Waals surface area contributed by atoms with Gasteiger partial charge in [0.25, 0.3) is 11.4 Å². The lowest BCUT2D eigenvalue weighted by atomic mass is 9.92. The van der Waals surface area contributed by atoms with Gasteiger partial charge >= 0.3 is 0 Å². The molecule has 0 aliphatic heterocycles. The lowest BCUT2D eigenvalue weighted by molar-refractivity contribution is -0.384. The van der Waals surface area contributed by atoms with Crippen LogP contribution in [-0.2, 0) is 0 Å². The maximum absolute atomic E-state index is 11.1. The predicted molar refractivity (Wildman–Crippen MR) is 98.3 cm³/mol. The first-order valence-electron chi connectivity index (χ1n) is 6.46. The molecule has 2 rings (SSSR count). The molecule has 0 radical (unpaired) electrons. The number of rotatable bonds is 4. The van der Waals surface area contributed by atoms with Gasteiger partial charge in [0, 0.05) is 12.1 Å². The first kappa shape index (κ1) is 20.0. The second kappa shape index (κ2) is 7.51. The van der Waals surface area contributed by atoms with Crippen LogP contribution in [0.25, 0.3) is 0 Å². The Bertz CT molecular complexity index is 790. The second-order valence-corrected chi connectivity index (χ2v) is 8.09. The molecule has 0 aliphatic rings. The van der Waals surface area contributed by atoms with Crippen molar-refractivity contribution < 1.29 is 9.85 Å². The third-order valence-electron chi connectivity index (χ3n) is 3.33. The molecule has 0 unspecified atom stereocenters. The van der Waals surface area contributed by atoms with E-state index in [9.17, 15) is 20.2 Å². The quantitative estimate of drug-likeness (QED) is 0.314. The van der Waals surface area contributed by atoms with E-state index in [-0.39, 0.29) is 32.5 Å². The minimum absolute atomic E-state index is 0.0843. The van der Waals surface area contributed by atoms with Gasteiger partial charge < -0.3 is 0 Å². The molecule has 132 valence electrons. The molecule has 0 bridgehead atoms. The molecule has 0 spiro atoms. The molecule has 0 atom stereocenters. The van der Waals surface area contributed by atoms with Crippen molar-refractivity contribution in [2.45, 2.75) is 9.71 Å². The third-order valence-corrected chi connectivity index (χ3v) is 4.62. The first-order chi connectivity index (χ1) is 11.5. The fraction of sp³-hybridized carbons (Fsp3) is 0.143. The van der Waals surface area contributed by atoms with Crippen molar-refractivity contribution in [1.29, 1.82) is 0 Å². The Hall–Kier alpha value is -1.31. The Morgan fingerprint density at radius 2 is 1.16 bits per heavy atom. The lowest BCUT2D eigenvalue weighted by Gasteiger charge is -2.25. The average molecular weight is 444 g/mol. The van der Waals surface area contributed by atoms with Gasteiger partial charge in [0.15, 0.2) is 0 Å². The van der Waals surface area contributed by atoms with Gasteiger partial charge in [-0.1, -0.05) is 70.1 Å². The Morgan fingerprint density at radius 1 is 0.800 bits per heavy atom. The molecule has 0 fully saturated rings. The molecule has 0 saturated heterocycles. The molecule has 0 heterocycles. The maximum atomic E-state index is 11.1. The van der Waals surface area contributed by atoms with Crippen molar-refractivity contribution in [3.05, 3.63) is 77.8 Å². The van der Waals surface area contributed by atoms with E-state index in [0.29, 0.717) is 0 Å². The van der Waals surface area contributed by atoms with E-state index in [1.54, 1.807) is 0 Å². The van der Waals surface area contributed by atoms with Crippen LogP contribution >= 0.6 is 58.0 Å². The minimum Gasteiger partial charge on any atom is -0.258 e. The van der Waals surface area contributed by atoms with Crippen molar-refractivity contribution in [3.63, 3.8) is 0 Å². The summed E-state index contributed by atoms with van der Waals surface area (Å²) in [4.78, 5) is 20.8. The van der Waals surface area contributed by atoms with Crippen LogP contribution in [0.5, 0.6) is 0 Å². The highest BCUT2D eigenvalue weighted by Crippen LogP contribution is 2.47. The smallest absolute Gasteiger partial charge is 0.258 e. The van der Waals surface area contributed by atoms with E-state index in [1.165, 1.54) is 24.3 Å². The van der Waals surface area contributed by atoms with Crippen molar-refractivity contribution in [1.82, 2.24) is 0 Å². The van der Waals surface area contributed by atoms with Crippen LogP contribution in [0.3, 0.4) is 0 Å². The van der Waals surface area contributed by atoms with E-state index >= 15 is 0 Å². The van der Waals surface area contributed by atoms with Crippen molar-refractivity contribution in [3.8, 4) is 0 Å². The number of nitrogens with zero attached hydrogens (tertiary/aromatic N) is 2. The van der Waals surface area contributed by atoms with E-state index in [0.717, 1.165) is 12.1 Å². The van der Waals surface area contributed by atoms with Gasteiger partial charge in [-0.25, -0.2) is 0 Å². The van der Waals surface area contributed by atoms with E-state index < -0.39 is 19.6 Å². The van der Waals surface area contributed by atoms with Crippen molar-refractivity contribution >= 4 is 69.4 Å². The number of nitro groups is 2. The van der Waals surface area contributed by atoms with Gasteiger partial charge in [-0.05, 0) is 23.3 Å². The SMILES string of the molecule is O=[N+]([O-])c1cc(C(c2ccc(Cl)c([N+](=O)[O-])c2)C(Cl)(Cl)Cl)ccc1Cl. The lowest BCUT2D eigenvalue weighted by Crippen LogP contribution is -2.19. The number of nitro benzene ring substituents is 2. The summed E-state index contributed by atoms with van der Waals surface area (Å²) in [7, 11) is 0. The van der Waals surface area contributed by atoms with Gasteiger partial charge in [-0.2, -0.15) is 0 Å². The summed E-state index contributed by atoms with van der Waals surface area (Å²) in [5.74, 6) is -1.02. The largest absolute Gasteiger partial charge is 0.288 e. The summed E-state index contributed by atoms with van der Waals surface area (Å²) in [6.07, 6.45) is 0. The van der Waals surface area contributed by atoms with Crippen molar-refractivity contribution in [2.24, 2.45) is 0 Å². The summed E-state index contributed by atoms with van der Waals surface area (Å²) in [6.45, 7) is 0. The Labute approximate surface area is 166 Å². The Balaban J connectivity index is 2.67. The molecule has 2 aromatic rings. The van der Waals surface area contributed by atoms with Crippen LogP contribution < -0.4 is 0 Å². The van der Waals surface area contributed by atoms with Crippen LogP contribution in [0.4, 0.5) is 11.4 Å². The first-order valence-corrected chi connectivity index (χ1v) is 8.35. The van der Waals surface area contributed by atoms with E-state index in [4.69, 9.17) is 58.0 Å². The van der Waals surface area contributed by atoms with Gasteiger partial charge in [0.2, 0.25) is 3.79 Å². The molecule has 6 nitrogen and oxygen atoms in total. The van der Waals surface area contributed by atoms with Crippen LogP contribution in [0.15, 0.2) is 36.4 Å². The molecule has 0 aliphatic carbocycles. The molecule has 0 N–H and O–H groups in total. The topological polar surface area (TPSA) is 86.3 Å². The normalized spacial score (nSPS) is 11.6. The summed E-state index contributed by atoms with van der Waals surface area (Å²) in [5, 5.41) is 22.0. The molecule has 0 saturated carbocycles. The second-order valence-electron chi connectivity index (χ2n) is 4.91. The number of alkyl halides is 3. The zero-order valence-corrected chi connectivity index (χ0v) is 15.7. The Kier molecular flexibility index (Phi) is 6.01. The predicted octanol–water partition coefficient (Wildman–Crippen LogP) is 6.31. The number of benzene rings is 2. The molecule has 11 heteroatoms. The molecule has 0 aromatic heterocycles. The van der Waals surface area contributed by atoms with Crippen LogP contribution in [0.2, 0.25) is 10.0 Å². The average Bonchev–Trinajstić information content (AvgIpc) is 2.49. The highest BCUT2D eigenvalue weighted by atomic mass is 35.6. The van der Waals surface area contributed by atoms with Crippen LogP contribution in [0.1, 0.15) is 17.0 Å². The molecular weight excluding hydrogens is 437 g/mol. The monoisotopic (exact) mass is 442 g/mol. The molecular formula is C14H7Cl5N2O4. The Morgan fingerprint density at radius 3 is 1.44 bits per heavy atom. The minimum atomic E-state index is -1.94. The maximum Gasteiger partial charge on any atom is 0.288 e. The van der Waals surface area contributed by atoms with Gasteiger partial charge in [0.1, 0.15) is 10.0 Å². The highest BCUT2D eigenvalue weighted by Gasteiger charge is 2.37. The van der Waals surface area contributed by atoms with E-state index in [1.807, 2.05) is 0 Å². The van der Waals surface area contributed by atoms with Crippen LogP contribution in [-0.4, -0.2) is 13.6 Å². The number of hydrogen-bond donors (Lipinski definition) is 0. The van der Waals surface area contributed by atoms with Crippen molar-refractivity contribution in [2.75, 3.05) is 0 Å². The summed E-state index contributed by atoms with van der Waals surface area (Å²) >= 11 is 29.7. The summed E-state index contributed by atoms with van der Waals surface area (Å²) in [5.41, 5.74) is -0.232. The summed E-state index contributed by atoms with van der Waals surface area (Å²) in [6, 6.07) is 7.81. The molecule has 25 heavy (non-hydrogen) atoms. The standard InChI is InChI=1S/C14H7Cl5N2O4/c15-9-3-1-7(5-11(9)20(22)23)13(14(17,18)19)8-2-4-10(16)12(6-8)21(24)25/h1-6,13H. The third kappa shape index (κ3) is 4.46. The number of hydrogen-bond acceptors (Lipinski definition) is 4. The zero-order valence-electron chi connectivity index (χ0n) is 12.0. The zero-order chi connectivity index (χ0) is 18.9. The van der Waals surface area contributed by atoms with E-state index in [2.05, 4.69) is 0 Å². The molecule has 0 amide bonds. The van der Waals surface area contributed by atoms with Gasteiger partial charge in [-0.15, -0.1) is 0 Å². The van der Waals surface area contributed by atoms with Gasteiger partial charge in [-0.3, -0.25) is 20.2 Å². The molecule has 2 aromatic carbocycles. The summed E-state index contributed by atoms with van der Waals surface area (Å²) < 4.78 is -1.94. The number of halogens is 5. The fourth-order valence-electron chi connectivity index (χ4n) is 2.27.